The number of nitrogens with zero attached hydrogens (tertiary/aromatic N) is 1. The molecule has 0 radical (unpaired) electrons. The van der Waals surface area contributed by atoms with E-state index in [1.54, 1.807) is 7.11 Å². The van der Waals surface area contributed by atoms with Crippen LogP contribution in [0.25, 0.3) is 0 Å². The van der Waals surface area contributed by atoms with Crippen LogP contribution in [0.15, 0.2) is 71.6 Å². The lowest BCUT2D eigenvalue weighted by molar-refractivity contribution is 0.0951. The van der Waals surface area contributed by atoms with Crippen molar-refractivity contribution in [2.45, 2.75) is 18.0 Å². The highest BCUT2D eigenvalue weighted by Gasteiger charge is 2.24. The number of methoxy groups -OCH3 is 1. The number of rotatable bonds is 8. The van der Waals surface area contributed by atoms with Crippen molar-refractivity contribution in [2.24, 2.45) is 0 Å². The average Bonchev–Trinajstić information content (AvgIpc) is 2.79. The molecule has 0 heterocycles. The summed E-state index contributed by atoms with van der Waals surface area (Å²) in [5, 5.41) is 2.87. The largest absolute Gasteiger partial charge is 0.380 e. The standard InChI is InChI=1S/C23H22ClFN2O4S/c1-27(19-9-7-18(25)8-10-19)32(29,30)20-11-12-22(24)21(13-20)23(28)26-14-16-3-5-17(6-4-16)15-31-2/h3-13H,14-15H2,1-2H3,(H,26,28). The molecule has 3 aromatic carbocycles. The highest BCUT2D eigenvalue weighted by Crippen LogP contribution is 2.26. The van der Waals surface area contributed by atoms with E-state index in [0.29, 0.717) is 6.61 Å². The molecular formula is C23H22ClFN2O4S. The highest BCUT2D eigenvalue weighted by molar-refractivity contribution is 7.92. The zero-order valence-corrected chi connectivity index (χ0v) is 19.1. The van der Waals surface area contributed by atoms with Gasteiger partial charge in [0.2, 0.25) is 0 Å². The second-order valence-corrected chi connectivity index (χ2v) is 9.40. The van der Waals surface area contributed by atoms with Gasteiger partial charge >= 0.3 is 0 Å². The van der Waals surface area contributed by atoms with Gasteiger partial charge in [-0.2, -0.15) is 0 Å². The molecule has 0 fully saturated rings. The number of carbonyl (C=O) groups excluding carboxylic acids is 1. The quantitative estimate of drug-likeness (QED) is 0.523. The van der Waals surface area contributed by atoms with Gasteiger partial charge in [0.15, 0.2) is 0 Å². The molecule has 0 aliphatic rings. The summed E-state index contributed by atoms with van der Waals surface area (Å²) in [6, 6.07) is 16.5. The monoisotopic (exact) mass is 476 g/mol. The van der Waals surface area contributed by atoms with Crippen molar-refractivity contribution in [1.82, 2.24) is 5.32 Å². The number of hydrogen-bond acceptors (Lipinski definition) is 4. The number of halogens is 2. The third-order valence-electron chi connectivity index (χ3n) is 4.82. The summed E-state index contributed by atoms with van der Waals surface area (Å²) < 4.78 is 45.3. The van der Waals surface area contributed by atoms with Crippen LogP contribution in [0.4, 0.5) is 10.1 Å². The smallest absolute Gasteiger partial charge is 0.264 e. The van der Waals surface area contributed by atoms with E-state index in [1.165, 1.54) is 49.5 Å². The Hall–Kier alpha value is -2.94. The Kier molecular flexibility index (Phi) is 7.50. The van der Waals surface area contributed by atoms with Crippen molar-refractivity contribution < 1.29 is 22.3 Å². The minimum absolute atomic E-state index is 0.0382. The van der Waals surface area contributed by atoms with Gasteiger partial charge in [-0.1, -0.05) is 35.9 Å². The molecule has 32 heavy (non-hydrogen) atoms. The van der Waals surface area contributed by atoms with Crippen molar-refractivity contribution in [3.8, 4) is 0 Å². The molecule has 1 N–H and O–H groups in total. The number of amides is 1. The van der Waals surface area contributed by atoms with Gasteiger partial charge in [0.05, 0.1) is 27.8 Å². The molecule has 0 saturated carbocycles. The second kappa shape index (κ2) is 10.1. The first-order valence-corrected chi connectivity index (χ1v) is 11.4. The van der Waals surface area contributed by atoms with Crippen LogP contribution in [0, 0.1) is 5.82 Å². The van der Waals surface area contributed by atoms with Gasteiger partial charge in [-0.15, -0.1) is 0 Å². The molecular weight excluding hydrogens is 455 g/mol. The molecule has 0 aliphatic heterocycles. The Labute approximate surface area is 191 Å². The summed E-state index contributed by atoms with van der Waals surface area (Å²) in [5.41, 5.74) is 2.20. The third kappa shape index (κ3) is 5.45. The van der Waals surface area contributed by atoms with E-state index in [4.69, 9.17) is 16.3 Å². The van der Waals surface area contributed by atoms with Crippen LogP contribution in [0.5, 0.6) is 0 Å². The zero-order valence-electron chi connectivity index (χ0n) is 17.5. The number of ether oxygens (including phenoxy) is 1. The molecule has 0 bridgehead atoms. The first kappa shape index (κ1) is 23.7. The summed E-state index contributed by atoms with van der Waals surface area (Å²) in [5.74, 6) is -0.976. The molecule has 9 heteroatoms. The average molecular weight is 477 g/mol. The summed E-state index contributed by atoms with van der Waals surface area (Å²) in [6.45, 7) is 0.741. The van der Waals surface area contributed by atoms with E-state index < -0.39 is 21.7 Å². The Morgan fingerprint density at radius 1 is 1.03 bits per heavy atom. The molecule has 1 amide bonds. The van der Waals surface area contributed by atoms with Crippen LogP contribution in [-0.2, 0) is 27.9 Å². The van der Waals surface area contributed by atoms with Crippen LogP contribution in [0.2, 0.25) is 5.02 Å². The maximum Gasteiger partial charge on any atom is 0.264 e. The molecule has 0 saturated heterocycles. The Morgan fingerprint density at radius 2 is 1.66 bits per heavy atom. The van der Waals surface area contributed by atoms with Crippen LogP contribution >= 0.6 is 11.6 Å². The number of anilines is 1. The van der Waals surface area contributed by atoms with Crippen molar-refractivity contribution in [3.63, 3.8) is 0 Å². The number of hydrogen-bond donors (Lipinski definition) is 1. The van der Waals surface area contributed by atoms with Gasteiger partial charge in [-0.3, -0.25) is 9.10 Å². The summed E-state index contributed by atoms with van der Waals surface area (Å²) in [7, 11) is -1.03. The SMILES string of the molecule is COCc1ccc(CNC(=O)c2cc(S(=O)(=O)N(C)c3ccc(F)cc3)ccc2Cl)cc1. The molecule has 3 aromatic rings. The zero-order chi connectivity index (χ0) is 23.3. The number of sulfonamides is 1. The predicted molar refractivity (Wildman–Crippen MR) is 122 cm³/mol. The first-order valence-electron chi connectivity index (χ1n) is 9.61. The van der Waals surface area contributed by atoms with Crippen molar-refractivity contribution in [1.29, 1.82) is 0 Å². The van der Waals surface area contributed by atoms with Crippen LogP contribution in [0.1, 0.15) is 21.5 Å². The normalized spacial score (nSPS) is 11.2. The van der Waals surface area contributed by atoms with Crippen LogP contribution < -0.4 is 9.62 Å². The Bertz CT molecular complexity index is 1200. The van der Waals surface area contributed by atoms with Gasteiger partial charge in [0.25, 0.3) is 15.9 Å². The minimum Gasteiger partial charge on any atom is -0.380 e. The highest BCUT2D eigenvalue weighted by atomic mass is 35.5. The molecule has 0 aromatic heterocycles. The van der Waals surface area contributed by atoms with Crippen molar-refractivity contribution in [3.05, 3.63) is 94.3 Å². The van der Waals surface area contributed by atoms with Crippen LogP contribution in [0.3, 0.4) is 0 Å². The fourth-order valence-electron chi connectivity index (χ4n) is 2.98. The van der Waals surface area contributed by atoms with E-state index in [2.05, 4.69) is 5.32 Å². The lowest BCUT2D eigenvalue weighted by Gasteiger charge is -2.20. The van der Waals surface area contributed by atoms with Crippen molar-refractivity contribution in [2.75, 3.05) is 18.5 Å². The van der Waals surface area contributed by atoms with Crippen LogP contribution in [-0.4, -0.2) is 28.5 Å². The second-order valence-electron chi connectivity index (χ2n) is 7.02. The molecule has 0 aliphatic carbocycles. The van der Waals surface area contributed by atoms with Gasteiger partial charge in [0, 0.05) is 20.7 Å². The Balaban J connectivity index is 1.78. The number of nitrogens with one attached hydrogen (secondary N) is 1. The van der Waals surface area contributed by atoms with E-state index >= 15 is 0 Å². The fourth-order valence-corrected chi connectivity index (χ4v) is 4.41. The number of carbonyl (C=O) groups is 1. The first-order chi connectivity index (χ1) is 15.2. The van der Waals surface area contributed by atoms with Gasteiger partial charge in [-0.05, 0) is 53.6 Å². The lowest BCUT2D eigenvalue weighted by atomic mass is 10.1. The molecule has 0 spiro atoms. The van der Waals surface area contributed by atoms with E-state index in [0.717, 1.165) is 15.4 Å². The van der Waals surface area contributed by atoms with Gasteiger partial charge < -0.3 is 10.1 Å². The molecule has 0 atom stereocenters. The predicted octanol–water partition coefficient (Wildman–Crippen LogP) is 4.38. The van der Waals surface area contributed by atoms with E-state index in [9.17, 15) is 17.6 Å². The Morgan fingerprint density at radius 3 is 2.28 bits per heavy atom. The lowest BCUT2D eigenvalue weighted by Crippen LogP contribution is -2.27. The summed E-state index contributed by atoms with van der Waals surface area (Å²) in [6.07, 6.45) is 0. The molecule has 168 valence electrons. The molecule has 3 rings (SSSR count). The maximum atomic E-state index is 13.2. The fraction of sp³-hybridized carbons (Fsp3) is 0.174. The summed E-state index contributed by atoms with van der Waals surface area (Å²) in [4.78, 5) is 12.6. The topological polar surface area (TPSA) is 75.7 Å². The third-order valence-corrected chi connectivity index (χ3v) is 6.93. The minimum atomic E-state index is -3.99. The molecule has 6 nitrogen and oxygen atoms in total. The maximum absolute atomic E-state index is 13.2. The molecule has 0 unspecified atom stereocenters. The number of benzene rings is 3. The van der Waals surface area contributed by atoms with E-state index in [-0.39, 0.29) is 27.7 Å². The van der Waals surface area contributed by atoms with Gasteiger partial charge in [0.1, 0.15) is 5.82 Å². The summed E-state index contributed by atoms with van der Waals surface area (Å²) >= 11 is 6.17. The van der Waals surface area contributed by atoms with Gasteiger partial charge in [-0.25, -0.2) is 12.8 Å². The van der Waals surface area contributed by atoms with Crippen molar-refractivity contribution >= 4 is 33.2 Å². The van der Waals surface area contributed by atoms with E-state index in [1.807, 2.05) is 24.3 Å².